The number of benzene rings is 2. The highest BCUT2D eigenvalue weighted by atomic mass is 32.2. The third-order valence-electron chi connectivity index (χ3n) is 3.27. The maximum Gasteiger partial charge on any atom is 0.321 e. The number of methoxy groups -OCH3 is 1. The summed E-state index contributed by atoms with van der Waals surface area (Å²) in [5.74, 6) is 0.429. The van der Waals surface area contributed by atoms with Crippen molar-refractivity contribution < 1.29 is 14.3 Å². The summed E-state index contributed by atoms with van der Waals surface area (Å²) in [6, 6.07) is 16.4. The summed E-state index contributed by atoms with van der Waals surface area (Å²) in [5, 5.41) is 4.64. The summed E-state index contributed by atoms with van der Waals surface area (Å²) in [6.45, 7) is 2.13. The number of amides is 3. The van der Waals surface area contributed by atoms with Gasteiger partial charge in [0, 0.05) is 11.4 Å². The van der Waals surface area contributed by atoms with Crippen molar-refractivity contribution >= 4 is 23.7 Å². The van der Waals surface area contributed by atoms with Gasteiger partial charge in [0.05, 0.1) is 12.4 Å². The molecule has 126 valence electrons. The Morgan fingerprint density at radius 2 is 1.75 bits per heavy atom. The third kappa shape index (κ3) is 5.62. The van der Waals surface area contributed by atoms with Crippen LogP contribution in [0.1, 0.15) is 12.5 Å². The monoisotopic (exact) mass is 344 g/mol. The van der Waals surface area contributed by atoms with Crippen molar-refractivity contribution in [2.45, 2.75) is 23.6 Å². The fraction of sp³-hybridized carbons (Fsp3) is 0.222. The Bertz CT molecular complexity index is 674. The number of carbonyl (C=O) groups is 2. The van der Waals surface area contributed by atoms with Crippen molar-refractivity contribution in [3.8, 4) is 5.75 Å². The standard InChI is InChI=1S/C18H20N2O3S/c1-13(24-16-10-8-15(23-2)9-11-16)17(21)20-18(22)19-12-14-6-4-3-5-7-14/h3-11,13H,12H2,1-2H3,(H2,19,20,21,22)/t13-/m0/s1. The molecule has 0 saturated heterocycles. The molecule has 0 aliphatic heterocycles. The Morgan fingerprint density at radius 1 is 1.08 bits per heavy atom. The second kappa shape index (κ2) is 8.98. The van der Waals surface area contributed by atoms with Crippen LogP contribution in [0.3, 0.4) is 0 Å². The second-order valence-electron chi connectivity index (χ2n) is 5.09. The van der Waals surface area contributed by atoms with E-state index in [0.29, 0.717) is 6.54 Å². The zero-order valence-electron chi connectivity index (χ0n) is 13.6. The fourth-order valence-corrected chi connectivity index (χ4v) is 2.82. The maximum absolute atomic E-state index is 12.1. The molecule has 0 heterocycles. The highest BCUT2D eigenvalue weighted by molar-refractivity contribution is 8.00. The van der Waals surface area contributed by atoms with E-state index in [1.165, 1.54) is 11.8 Å². The van der Waals surface area contributed by atoms with Crippen molar-refractivity contribution in [3.05, 3.63) is 60.2 Å². The molecular formula is C18H20N2O3S. The molecule has 0 unspecified atom stereocenters. The first kappa shape index (κ1) is 17.9. The number of ether oxygens (including phenoxy) is 1. The number of hydrogen-bond donors (Lipinski definition) is 2. The number of thioether (sulfide) groups is 1. The lowest BCUT2D eigenvalue weighted by Crippen LogP contribution is -2.42. The predicted octanol–water partition coefficient (Wildman–Crippen LogP) is 3.20. The molecule has 3 amide bonds. The molecule has 2 N–H and O–H groups in total. The molecule has 0 aliphatic carbocycles. The number of urea groups is 1. The molecule has 0 radical (unpaired) electrons. The Kier molecular flexibility index (Phi) is 6.69. The summed E-state index contributed by atoms with van der Waals surface area (Å²) >= 11 is 1.38. The maximum atomic E-state index is 12.1. The molecule has 0 fully saturated rings. The van der Waals surface area contributed by atoms with Gasteiger partial charge in [-0.1, -0.05) is 30.3 Å². The average molecular weight is 344 g/mol. The van der Waals surface area contributed by atoms with Crippen LogP contribution in [0, 0.1) is 0 Å². The molecule has 1 atom stereocenters. The first-order chi connectivity index (χ1) is 11.6. The normalized spacial score (nSPS) is 11.4. The van der Waals surface area contributed by atoms with Crippen LogP contribution in [-0.2, 0) is 11.3 Å². The van der Waals surface area contributed by atoms with Gasteiger partial charge >= 0.3 is 6.03 Å². The summed E-state index contributed by atoms with van der Waals surface area (Å²) < 4.78 is 5.10. The Hall–Kier alpha value is -2.47. The van der Waals surface area contributed by atoms with E-state index in [1.807, 2.05) is 54.6 Å². The lowest BCUT2D eigenvalue weighted by atomic mass is 10.2. The predicted molar refractivity (Wildman–Crippen MR) is 95.1 cm³/mol. The van der Waals surface area contributed by atoms with E-state index in [1.54, 1.807) is 14.0 Å². The molecule has 0 saturated carbocycles. The van der Waals surface area contributed by atoms with Crippen LogP contribution >= 0.6 is 11.8 Å². The largest absolute Gasteiger partial charge is 0.497 e. The number of hydrogen-bond acceptors (Lipinski definition) is 4. The molecule has 2 aromatic carbocycles. The van der Waals surface area contributed by atoms with Crippen molar-refractivity contribution in [1.29, 1.82) is 0 Å². The number of nitrogens with one attached hydrogen (secondary N) is 2. The van der Waals surface area contributed by atoms with Crippen molar-refractivity contribution in [2.75, 3.05) is 7.11 Å². The third-order valence-corrected chi connectivity index (χ3v) is 4.39. The minimum Gasteiger partial charge on any atom is -0.497 e. The Morgan fingerprint density at radius 3 is 2.38 bits per heavy atom. The zero-order valence-corrected chi connectivity index (χ0v) is 14.4. The van der Waals surface area contributed by atoms with Gasteiger partial charge in [0.1, 0.15) is 5.75 Å². The van der Waals surface area contributed by atoms with Crippen molar-refractivity contribution in [1.82, 2.24) is 10.6 Å². The van der Waals surface area contributed by atoms with E-state index in [-0.39, 0.29) is 11.2 Å². The smallest absolute Gasteiger partial charge is 0.321 e. The lowest BCUT2D eigenvalue weighted by Gasteiger charge is -2.12. The van der Waals surface area contributed by atoms with Gasteiger partial charge in [-0.25, -0.2) is 4.79 Å². The lowest BCUT2D eigenvalue weighted by molar-refractivity contribution is -0.119. The van der Waals surface area contributed by atoms with Crippen molar-refractivity contribution in [2.24, 2.45) is 0 Å². The Balaban J connectivity index is 1.78. The van der Waals surface area contributed by atoms with E-state index in [4.69, 9.17) is 4.74 Å². The summed E-state index contributed by atoms with van der Waals surface area (Å²) in [4.78, 5) is 24.8. The highest BCUT2D eigenvalue weighted by Gasteiger charge is 2.17. The average Bonchev–Trinajstić information content (AvgIpc) is 2.61. The number of imide groups is 1. The van der Waals surface area contributed by atoms with E-state index in [2.05, 4.69) is 10.6 Å². The van der Waals surface area contributed by atoms with E-state index in [0.717, 1.165) is 16.2 Å². The SMILES string of the molecule is COc1ccc(S[C@@H](C)C(=O)NC(=O)NCc2ccccc2)cc1. The molecule has 6 heteroatoms. The summed E-state index contributed by atoms with van der Waals surface area (Å²) in [6.07, 6.45) is 0. The van der Waals surface area contributed by atoms with Gasteiger partial charge in [0.2, 0.25) is 5.91 Å². The van der Waals surface area contributed by atoms with Gasteiger partial charge in [-0.3, -0.25) is 10.1 Å². The summed E-state index contributed by atoms with van der Waals surface area (Å²) in [5.41, 5.74) is 0.973. The first-order valence-electron chi connectivity index (χ1n) is 7.52. The highest BCUT2D eigenvalue weighted by Crippen LogP contribution is 2.25. The van der Waals surface area contributed by atoms with Gasteiger partial charge in [0.15, 0.2) is 0 Å². The molecule has 2 aromatic rings. The van der Waals surface area contributed by atoms with Crippen LogP contribution in [0.15, 0.2) is 59.5 Å². The second-order valence-corrected chi connectivity index (χ2v) is 6.51. The quantitative estimate of drug-likeness (QED) is 0.790. The fourth-order valence-electron chi connectivity index (χ4n) is 1.95. The topological polar surface area (TPSA) is 67.4 Å². The summed E-state index contributed by atoms with van der Waals surface area (Å²) in [7, 11) is 1.60. The molecule has 0 bridgehead atoms. The molecule has 0 spiro atoms. The van der Waals surface area contributed by atoms with Crippen LogP contribution in [0.5, 0.6) is 5.75 Å². The first-order valence-corrected chi connectivity index (χ1v) is 8.40. The molecule has 0 aromatic heterocycles. The van der Waals surface area contributed by atoms with Gasteiger partial charge < -0.3 is 10.1 Å². The van der Waals surface area contributed by atoms with Crippen LogP contribution in [-0.4, -0.2) is 24.3 Å². The molecule has 0 aliphatic rings. The van der Waals surface area contributed by atoms with Gasteiger partial charge in [-0.15, -0.1) is 11.8 Å². The zero-order chi connectivity index (χ0) is 17.4. The van der Waals surface area contributed by atoms with Gasteiger partial charge in [-0.2, -0.15) is 0 Å². The van der Waals surface area contributed by atoms with Crippen LogP contribution in [0.2, 0.25) is 0 Å². The Labute approximate surface area is 145 Å². The van der Waals surface area contributed by atoms with E-state index >= 15 is 0 Å². The number of carbonyl (C=O) groups excluding carboxylic acids is 2. The van der Waals surface area contributed by atoms with Gasteiger partial charge in [0.25, 0.3) is 0 Å². The molecule has 5 nitrogen and oxygen atoms in total. The van der Waals surface area contributed by atoms with Crippen molar-refractivity contribution in [3.63, 3.8) is 0 Å². The van der Waals surface area contributed by atoms with Gasteiger partial charge in [-0.05, 0) is 36.8 Å². The van der Waals surface area contributed by atoms with Crippen LogP contribution < -0.4 is 15.4 Å². The molecule has 2 rings (SSSR count). The number of rotatable bonds is 6. The van der Waals surface area contributed by atoms with Crippen LogP contribution in [0.25, 0.3) is 0 Å². The van der Waals surface area contributed by atoms with E-state index in [9.17, 15) is 9.59 Å². The minimum absolute atomic E-state index is 0.332. The molecular weight excluding hydrogens is 324 g/mol. The minimum atomic E-state index is -0.494. The molecule has 24 heavy (non-hydrogen) atoms. The van der Waals surface area contributed by atoms with E-state index < -0.39 is 6.03 Å². The van der Waals surface area contributed by atoms with Crippen LogP contribution in [0.4, 0.5) is 4.79 Å².